The highest BCUT2D eigenvalue weighted by molar-refractivity contribution is 5.85. The van der Waals surface area contributed by atoms with Gasteiger partial charge in [-0.3, -0.25) is 19.4 Å². The molecule has 4 aromatic carbocycles. The van der Waals surface area contributed by atoms with E-state index in [0.29, 0.717) is 31.2 Å². The molecule has 2 aliphatic heterocycles. The number of likely N-dealkylation sites (tertiary alicyclic amines) is 2. The molecule has 330 valence electrons. The zero-order chi connectivity index (χ0) is 43.4. The first kappa shape index (κ1) is 45.1. The van der Waals surface area contributed by atoms with E-state index in [4.69, 9.17) is 4.98 Å². The van der Waals surface area contributed by atoms with E-state index in [1.54, 1.807) is 6.20 Å². The van der Waals surface area contributed by atoms with Crippen LogP contribution in [0.3, 0.4) is 0 Å². The van der Waals surface area contributed by atoms with Crippen molar-refractivity contribution in [2.75, 3.05) is 39.3 Å². The van der Waals surface area contributed by atoms with Crippen LogP contribution in [-0.2, 0) is 9.59 Å². The Bertz CT molecular complexity index is 2410. The van der Waals surface area contributed by atoms with Crippen LogP contribution in [0.2, 0.25) is 0 Å². The van der Waals surface area contributed by atoms with Crippen molar-refractivity contribution in [3.8, 4) is 33.6 Å². The van der Waals surface area contributed by atoms with Crippen molar-refractivity contribution in [3.05, 3.63) is 144 Å². The molecule has 4 heterocycles. The molecule has 12 heteroatoms. The highest BCUT2D eigenvalue weighted by atomic mass is 19.3. The summed E-state index contributed by atoms with van der Waals surface area (Å²) in [7, 11) is 0. The average Bonchev–Trinajstić information content (AvgIpc) is 4.15. The molecule has 0 aliphatic carbocycles. The van der Waals surface area contributed by atoms with E-state index in [9.17, 15) is 9.59 Å². The summed E-state index contributed by atoms with van der Waals surface area (Å²) >= 11 is 0. The van der Waals surface area contributed by atoms with Crippen LogP contribution >= 0.6 is 0 Å². The van der Waals surface area contributed by atoms with E-state index in [1.807, 2.05) is 115 Å². The van der Waals surface area contributed by atoms with Gasteiger partial charge in [0.05, 0.1) is 42.4 Å². The topological polar surface area (TPSA) is 104 Å². The Morgan fingerprint density at radius 3 is 1.49 bits per heavy atom. The van der Waals surface area contributed by atoms with Crippen LogP contribution in [0.25, 0.3) is 33.6 Å². The number of rotatable bonds is 15. The molecule has 6 aromatic rings. The molecule has 8 rings (SSSR count). The Morgan fingerprint density at radius 2 is 1.05 bits per heavy atom. The van der Waals surface area contributed by atoms with Gasteiger partial charge in [-0.1, -0.05) is 144 Å². The number of nitrogens with zero attached hydrogens (tertiary/aromatic N) is 6. The molecule has 2 N–H and O–H groups in total. The number of benzene rings is 4. The Kier molecular flexibility index (Phi) is 14.0. The highest BCUT2D eigenvalue weighted by Gasteiger charge is 2.50. The number of carbonyl (C=O) groups excluding carboxylic acids is 2. The maximum atomic E-state index is 15.1. The zero-order valence-electron chi connectivity index (χ0n) is 36.0. The third-order valence-corrected chi connectivity index (χ3v) is 12.7. The highest BCUT2D eigenvalue weighted by Crippen LogP contribution is 2.43. The first-order valence-corrected chi connectivity index (χ1v) is 22.0. The molecule has 2 aliphatic rings. The molecule has 0 spiro atoms. The number of likely N-dealkylation sites (N-methyl/N-ethyl adjacent to an activating group) is 2. The molecule has 0 bridgehead atoms. The molecule has 63 heavy (non-hydrogen) atoms. The van der Waals surface area contributed by atoms with Crippen LogP contribution in [0.4, 0.5) is 8.78 Å². The quantitative estimate of drug-likeness (QED) is 0.107. The zero-order valence-corrected chi connectivity index (χ0v) is 36.0. The Balaban J connectivity index is 0.00000595. The average molecular weight is 855 g/mol. The van der Waals surface area contributed by atoms with Gasteiger partial charge in [0.15, 0.2) is 0 Å². The predicted octanol–water partition coefficient (Wildman–Crippen LogP) is 10.5. The Hall–Kier alpha value is -5.98. The van der Waals surface area contributed by atoms with Crippen molar-refractivity contribution >= 4 is 11.8 Å². The van der Waals surface area contributed by atoms with Gasteiger partial charge in [-0.2, -0.15) is 0 Å². The second kappa shape index (κ2) is 19.6. The molecule has 2 amide bonds. The second-order valence-corrected chi connectivity index (χ2v) is 16.3. The standard InChI is InChI=1S/C50H56F2N8O2.CH4/c1-5-57(6-2)44(38-16-11-9-12-17-38)48(61)59-29-15-20-42(59)46-53-31-40(55-46)36-25-21-34(22-26-36)35-23-27-37(28-24-35)41-32-54-47(56-41)43-30-50(51,52)33-60(43)49(62)45(58(7-3)8-4)39-18-13-10-14-19-39;/h9-14,16-19,21-28,31-32,42-45H,5-8,15,20,29-30,33H2,1-4H3,(H,53,55)(H,54,56);1H4/t42-,43-,44+,45+;/m0./s1. The third-order valence-electron chi connectivity index (χ3n) is 12.7. The number of imidazole rings is 2. The van der Waals surface area contributed by atoms with E-state index in [0.717, 1.165) is 70.8 Å². The van der Waals surface area contributed by atoms with Gasteiger partial charge < -0.3 is 19.8 Å². The lowest BCUT2D eigenvalue weighted by molar-refractivity contribution is -0.140. The van der Waals surface area contributed by atoms with Crippen molar-refractivity contribution in [2.45, 2.75) is 84.5 Å². The van der Waals surface area contributed by atoms with Crippen molar-refractivity contribution in [3.63, 3.8) is 0 Å². The summed E-state index contributed by atoms with van der Waals surface area (Å²) in [5, 5.41) is 0. The largest absolute Gasteiger partial charge is 0.340 e. The van der Waals surface area contributed by atoms with Crippen LogP contribution in [0.15, 0.2) is 122 Å². The van der Waals surface area contributed by atoms with Crippen LogP contribution < -0.4 is 0 Å². The number of halogens is 2. The lowest BCUT2D eigenvalue weighted by Gasteiger charge is -2.34. The van der Waals surface area contributed by atoms with Crippen molar-refractivity contribution in [1.29, 1.82) is 0 Å². The van der Waals surface area contributed by atoms with Gasteiger partial charge in [0.2, 0.25) is 11.8 Å². The first-order chi connectivity index (χ1) is 30.1. The lowest BCUT2D eigenvalue weighted by atomic mass is 10.0. The van der Waals surface area contributed by atoms with Gasteiger partial charge in [-0.05, 0) is 72.4 Å². The molecule has 2 fully saturated rings. The van der Waals surface area contributed by atoms with Crippen LogP contribution in [0.5, 0.6) is 0 Å². The number of hydrogen-bond acceptors (Lipinski definition) is 6. The minimum Gasteiger partial charge on any atom is -0.340 e. The number of alkyl halides is 2. The number of hydrogen-bond donors (Lipinski definition) is 2. The summed E-state index contributed by atoms with van der Waals surface area (Å²) in [4.78, 5) is 52.2. The van der Waals surface area contributed by atoms with Crippen molar-refractivity contribution in [2.24, 2.45) is 0 Å². The maximum absolute atomic E-state index is 15.1. The Morgan fingerprint density at radius 1 is 0.635 bits per heavy atom. The maximum Gasteiger partial charge on any atom is 0.267 e. The smallest absolute Gasteiger partial charge is 0.267 e. The molecule has 10 nitrogen and oxygen atoms in total. The fraction of sp³-hybridized carbons (Fsp3) is 0.373. The molecule has 2 saturated heterocycles. The summed E-state index contributed by atoms with van der Waals surface area (Å²) in [5.74, 6) is -2.12. The number of aromatic nitrogens is 4. The molecule has 2 aromatic heterocycles. The van der Waals surface area contributed by atoms with Gasteiger partial charge in [0.25, 0.3) is 5.92 Å². The molecule has 0 saturated carbocycles. The van der Waals surface area contributed by atoms with Gasteiger partial charge in [-0.25, -0.2) is 18.7 Å². The third kappa shape index (κ3) is 9.38. The number of amides is 2. The first-order valence-electron chi connectivity index (χ1n) is 22.0. The van der Waals surface area contributed by atoms with E-state index >= 15 is 8.78 Å². The van der Waals surface area contributed by atoms with Crippen molar-refractivity contribution in [1.82, 2.24) is 39.5 Å². The van der Waals surface area contributed by atoms with Gasteiger partial charge in [0.1, 0.15) is 23.7 Å². The van der Waals surface area contributed by atoms with E-state index < -0.39 is 31.0 Å². The van der Waals surface area contributed by atoms with Gasteiger partial charge in [0, 0.05) is 13.0 Å². The summed E-state index contributed by atoms with van der Waals surface area (Å²) < 4.78 is 30.3. The number of H-pyrrole nitrogens is 2. The van der Waals surface area contributed by atoms with Crippen LogP contribution in [0, 0.1) is 0 Å². The summed E-state index contributed by atoms with van der Waals surface area (Å²) in [6.07, 6.45) is 4.79. The molecule has 0 unspecified atom stereocenters. The minimum absolute atomic E-state index is 0. The fourth-order valence-electron chi connectivity index (χ4n) is 9.38. The minimum atomic E-state index is -3.04. The van der Waals surface area contributed by atoms with Gasteiger partial charge in [-0.15, -0.1) is 0 Å². The van der Waals surface area contributed by atoms with E-state index in [-0.39, 0.29) is 31.3 Å². The summed E-state index contributed by atoms with van der Waals surface area (Å²) in [6.45, 7) is 11.0. The van der Waals surface area contributed by atoms with Crippen LogP contribution in [-0.4, -0.2) is 96.5 Å². The second-order valence-electron chi connectivity index (χ2n) is 16.3. The number of carbonyl (C=O) groups is 2. The summed E-state index contributed by atoms with van der Waals surface area (Å²) in [6, 6.07) is 33.7. The van der Waals surface area contributed by atoms with Crippen molar-refractivity contribution < 1.29 is 18.4 Å². The molecular weight excluding hydrogens is 795 g/mol. The van der Waals surface area contributed by atoms with E-state index in [1.165, 1.54) is 4.90 Å². The van der Waals surface area contributed by atoms with E-state index in [2.05, 4.69) is 58.0 Å². The summed E-state index contributed by atoms with van der Waals surface area (Å²) in [5.41, 5.74) is 7.27. The normalized spacial score (nSPS) is 18.2. The molecule has 0 radical (unpaired) electrons. The predicted molar refractivity (Wildman–Crippen MR) is 246 cm³/mol. The monoisotopic (exact) mass is 854 g/mol. The number of nitrogens with one attached hydrogen (secondary N) is 2. The number of aromatic amines is 2. The van der Waals surface area contributed by atoms with Crippen LogP contribution in [0.1, 0.15) is 101 Å². The van der Waals surface area contributed by atoms with Gasteiger partial charge >= 0.3 is 0 Å². The SMILES string of the molecule is C.CCN(CC)[C@@H](C(=O)N1CCC[C@H]1c1ncc(-c2ccc(-c3ccc(-c4cnc([C@@H]5CC(F)(F)CN5C(=O)[C@@H](c5ccccc5)N(CC)CC)[nH]4)cc3)cc2)[nH]1)c1ccccc1. The lowest BCUT2D eigenvalue weighted by Crippen LogP contribution is -2.43. The molecule has 4 atom stereocenters. The fourth-order valence-corrected chi connectivity index (χ4v) is 9.38. The molecular formula is C51H60F2N8O2. The Labute approximate surface area is 370 Å².